The van der Waals surface area contributed by atoms with Gasteiger partial charge in [-0.1, -0.05) is 34.5 Å². The van der Waals surface area contributed by atoms with E-state index in [1.54, 1.807) is 6.92 Å². The van der Waals surface area contributed by atoms with Crippen molar-refractivity contribution in [2.75, 3.05) is 18.0 Å². The van der Waals surface area contributed by atoms with E-state index in [0.29, 0.717) is 35.4 Å². The van der Waals surface area contributed by atoms with Crippen molar-refractivity contribution >= 4 is 57.2 Å². The fraction of sp³-hybridized carbons (Fsp3) is 0.529. The van der Waals surface area contributed by atoms with Crippen LogP contribution in [0.3, 0.4) is 0 Å². The van der Waals surface area contributed by atoms with Crippen LogP contribution in [0.5, 0.6) is 0 Å². The molecule has 0 radical (unpaired) electrons. The number of aliphatic hydroxyl groups excluding tert-OH is 1. The zero-order valence-electron chi connectivity index (χ0n) is 15.7. The number of alkyl halides is 1. The third-order valence-corrected chi connectivity index (χ3v) is 7.42. The zero-order chi connectivity index (χ0) is 21.5. The summed E-state index contributed by atoms with van der Waals surface area (Å²) in [7, 11) is 0. The number of rotatable bonds is 5. The van der Waals surface area contributed by atoms with Crippen LogP contribution in [0, 0.1) is 6.92 Å². The number of amides is 1. The minimum Gasteiger partial charge on any atom is -0.390 e. The van der Waals surface area contributed by atoms with Crippen LogP contribution in [0.1, 0.15) is 40.1 Å². The topological polar surface area (TPSA) is 122 Å². The normalized spacial score (nSPS) is 20.2. The molecule has 1 saturated heterocycles. The maximum Gasteiger partial charge on any atom is 0.269 e. The molecular formula is C17H21Cl3N4O4S. The number of thiazole rings is 1. The predicted molar refractivity (Wildman–Crippen MR) is 113 cm³/mol. The van der Waals surface area contributed by atoms with E-state index < -0.39 is 17.8 Å². The molecule has 1 aliphatic rings. The first kappa shape index (κ1) is 22.6. The predicted octanol–water partition coefficient (Wildman–Crippen LogP) is 2.35. The van der Waals surface area contributed by atoms with E-state index in [4.69, 9.17) is 34.8 Å². The van der Waals surface area contributed by atoms with Gasteiger partial charge in [0.1, 0.15) is 5.69 Å². The van der Waals surface area contributed by atoms with Crippen molar-refractivity contribution in [1.29, 1.82) is 0 Å². The molecule has 0 aliphatic carbocycles. The molecule has 3 heterocycles. The fourth-order valence-corrected chi connectivity index (χ4v) is 4.99. The Morgan fingerprint density at radius 2 is 2.10 bits per heavy atom. The Morgan fingerprint density at radius 1 is 1.41 bits per heavy atom. The highest BCUT2D eigenvalue weighted by atomic mass is 35.5. The van der Waals surface area contributed by atoms with E-state index in [-0.39, 0.29) is 33.2 Å². The number of aliphatic hydroxyl groups is 3. The van der Waals surface area contributed by atoms with Gasteiger partial charge in [0.25, 0.3) is 5.91 Å². The van der Waals surface area contributed by atoms with E-state index in [2.05, 4.69) is 15.3 Å². The number of aryl methyl sites for hydroxylation is 1. The molecule has 3 rings (SSSR count). The van der Waals surface area contributed by atoms with Crippen LogP contribution < -0.4 is 10.2 Å². The summed E-state index contributed by atoms with van der Waals surface area (Å²) in [6.07, 6.45) is 0.545. The molecule has 0 spiro atoms. The zero-order valence-corrected chi connectivity index (χ0v) is 18.8. The lowest BCUT2D eigenvalue weighted by molar-refractivity contribution is -0.150. The number of aromatic nitrogens is 2. The van der Waals surface area contributed by atoms with Gasteiger partial charge in [0, 0.05) is 24.8 Å². The second-order valence-corrected chi connectivity index (χ2v) is 9.33. The van der Waals surface area contributed by atoms with Gasteiger partial charge in [-0.2, -0.15) is 0 Å². The van der Waals surface area contributed by atoms with Crippen molar-refractivity contribution in [2.45, 2.75) is 44.1 Å². The Kier molecular flexibility index (Phi) is 6.69. The number of carbonyl (C=O) groups is 1. The molecule has 1 fully saturated rings. The summed E-state index contributed by atoms with van der Waals surface area (Å²) >= 11 is 19.7. The van der Waals surface area contributed by atoms with Crippen molar-refractivity contribution in [3.8, 4) is 0 Å². The Balaban J connectivity index is 1.69. The molecule has 2 aromatic rings. The lowest BCUT2D eigenvalue weighted by Crippen LogP contribution is -2.52. The van der Waals surface area contributed by atoms with Gasteiger partial charge in [-0.05, 0) is 20.3 Å². The van der Waals surface area contributed by atoms with Crippen LogP contribution in [-0.4, -0.2) is 55.7 Å². The third kappa shape index (κ3) is 4.66. The average molecular weight is 484 g/mol. The fourth-order valence-electron chi connectivity index (χ4n) is 3.16. The number of nitrogens with zero attached hydrogens (tertiary/aromatic N) is 2. The molecule has 12 heteroatoms. The van der Waals surface area contributed by atoms with E-state index in [9.17, 15) is 20.1 Å². The second kappa shape index (κ2) is 8.58. The molecule has 5 N–H and O–H groups in total. The van der Waals surface area contributed by atoms with Gasteiger partial charge in [0.2, 0.25) is 0 Å². The Bertz CT molecular complexity index is 911. The van der Waals surface area contributed by atoms with E-state index in [1.165, 1.54) is 6.92 Å². The van der Waals surface area contributed by atoms with Crippen molar-refractivity contribution in [3.63, 3.8) is 0 Å². The van der Waals surface area contributed by atoms with Crippen molar-refractivity contribution in [1.82, 2.24) is 15.3 Å². The number of anilines is 1. The first-order chi connectivity index (χ1) is 13.5. The monoisotopic (exact) mass is 482 g/mol. The number of piperidine rings is 1. The highest BCUT2D eigenvalue weighted by Gasteiger charge is 2.34. The molecule has 0 unspecified atom stereocenters. The van der Waals surface area contributed by atoms with Gasteiger partial charge in [-0.15, -0.1) is 11.6 Å². The quantitative estimate of drug-likeness (QED) is 0.329. The summed E-state index contributed by atoms with van der Waals surface area (Å²) < 4.78 is 0. The number of aromatic amines is 1. The number of nitrogens with one attached hydrogen (secondary N) is 2. The van der Waals surface area contributed by atoms with Gasteiger partial charge in [0.15, 0.2) is 10.9 Å². The smallest absolute Gasteiger partial charge is 0.269 e. The SMILES string of the molecule is Cc1[nH]c(C(=O)N[C@@H]2CCN(c3nc(CO)c(C(C)(O)O)s3)C[C@@H]2Cl)c(Cl)c1Cl. The van der Waals surface area contributed by atoms with Gasteiger partial charge in [-0.25, -0.2) is 4.98 Å². The van der Waals surface area contributed by atoms with Crippen LogP contribution in [0.2, 0.25) is 10.0 Å². The molecule has 0 bridgehead atoms. The number of halogens is 3. The molecule has 1 aliphatic heterocycles. The maximum absolute atomic E-state index is 12.5. The summed E-state index contributed by atoms with van der Waals surface area (Å²) in [5, 5.41) is 32.6. The number of hydrogen-bond acceptors (Lipinski definition) is 7. The number of carbonyl (C=O) groups excluding carboxylic acids is 1. The summed E-state index contributed by atoms with van der Waals surface area (Å²) in [5.74, 6) is -2.47. The van der Waals surface area contributed by atoms with E-state index in [1.807, 2.05) is 4.90 Å². The van der Waals surface area contributed by atoms with Crippen LogP contribution in [0.15, 0.2) is 0 Å². The van der Waals surface area contributed by atoms with Crippen LogP contribution in [-0.2, 0) is 12.4 Å². The molecule has 29 heavy (non-hydrogen) atoms. The average Bonchev–Trinajstić information content (AvgIpc) is 3.20. The van der Waals surface area contributed by atoms with E-state index >= 15 is 0 Å². The molecular weight excluding hydrogens is 463 g/mol. The lowest BCUT2D eigenvalue weighted by Gasteiger charge is -2.35. The van der Waals surface area contributed by atoms with E-state index in [0.717, 1.165) is 11.3 Å². The standard InChI is InChI=1S/C17H21Cl3N4O4S/c1-7-11(19)12(20)13(21-7)15(26)22-9-3-4-24(5-8(9)18)16-23-10(6-25)14(29-16)17(2,27)28/h8-9,21,25,27-28H,3-6H2,1-2H3,(H,22,26)/t8-,9+/m0/s1. The van der Waals surface area contributed by atoms with Crippen molar-refractivity contribution < 1.29 is 20.1 Å². The van der Waals surface area contributed by atoms with Gasteiger partial charge in [-0.3, -0.25) is 4.79 Å². The Hall–Kier alpha value is -1.07. The summed E-state index contributed by atoms with van der Waals surface area (Å²) in [6, 6.07) is -0.295. The van der Waals surface area contributed by atoms with Crippen LogP contribution in [0.25, 0.3) is 0 Å². The minimum absolute atomic E-state index is 0.174. The van der Waals surface area contributed by atoms with Gasteiger partial charge in [0.05, 0.1) is 32.6 Å². The summed E-state index contributed by atoms with van der Waals surface area (Å²) in [6.45, 7) is 3.46. The van der Waals surface area contributed by atoms with Crippen LogP contribution in [0.4, 0.5) is 5.13 Å². The second-order valence-electron chi connectivity index (χ2n) is 7.03. The van der Waals surface area contributed by atoms with Gasteiger partial charge < -0.3 is 30.5 Å². The highest BCUT2D eigenvalue weighted by Crippen LogP contribution is 2.35. The number of hydrogen-bond donors (Lipinski definition) is 5. The third-order valence-electron chi connectivity index (χ3n) is 4.68. The molecule has 8 nitrogen and oxygen atoms in total. The molecule has 2 aromatic heterocycles. The molecule has 0 saturated carbocycles. The van der Waals surface area contributed by atoms with Crippen molar-refractivity contribution in [2.24, 2.45) is 0 Å². The Morgan fingerprint density at radius 3 is 2.59 bits per heavy atom. The first-order valence-corrected chi connectivity index (χ1v) is 10.8. The molecule has 1 amide bonds. The van der Waals surface area contributed by atoms with Crippen molar-refractivity contribution in [3.05, 3.63) is 32.0 Å². The molecule has 2 atom stereocenters. The minimum atomic E-state index is -2.09. The van der Waals surface area contributed by atoms with Crippen LogP contribution >= 0.6 is 46.1 Å². The molecule has 160 valence electrons. The maximum atomic E-state index is 12.5. The first-order valence-electron chi connectivity index (χ1n) is 8.82. The summed E-state index contributed by atoms with van der Waals surface area (Å²) in [5.41, 5.74) is 1.02. The Labute approximate surface area is 186 Å². The lowest BCUT2D eigenvalue weighted by atomic mass is 10.0. The summed E-state index contributed by atoms with van der Waals surface area (Å²) in [4.78, 5) is 21.8. The molecule has 0 aromatic carbocycles. The van der Waals surface area contributed by atoms with Gasteiger partial charge >= 0.3 is 0 Å². The number of H-pyrrole nitrogens is 1. The highest BCUT2D eigenvalue weighted by molar-refractivity contribution is 7.15. The largest absolute Gasteiger partial charge is 0.390 e.